The minimum atomic E-state index is -0.0620. The summed E-state index contributed by atoms with van der Waals surface area (Å²) in [7, 11) is 0. The van der Waals surface area contributed by atoms with Gasteiger partial charge in [0.15, 0.2) is 0 Å². The number of rotatable bonds is 4. The van der Waals surface area contributed by atoms with Gasteiger partial charge in [-0.3, -0.25) is 10.5 Å². The molecule has 1 aromatic carbocycles. The van der Waals surface area contributed by atoms with Crippen molar-refractivity contribution in [3.8, 4) is 0 Å². The fraction of sp³-hybridized carbons (Fsp3) is 0.250. The molecule has 0 fully saturated rings. The molecule has 0 saturated carbocycles. The van der Waals surface area contributed by atoms with E-state index in [2.05, 4.69) is 33.4 Å². The smallest absolute Gasteiger partial charge is 0.0889 e. The molecule has 90 valence electrons. The van der Waals surface area contributed by atoms with Gasteiger partial charge in [0.05, 0.1) is 22.4 Å². The van der Waals surface area contributed by atoms with Gasteiger partial charge in [0.25, 0.3) is 0 Å². The van der Waals surface area contributed by atoms with Crippen LogP contribution in [0.2, 0.25) is 0 Å². The highest BCUT2D eigenvalue weighted by molar-refractivity contribution is 9.10. The van der Waals surface area contributed by atoms with Crippen molar-refractivity contribution in [3.05, 3.63) is 52.3 Å². The standard InChI is InChI=1S/C12H15BrN4/c1-2-17-12(10(13)8-15-17)11(16-14)9-6-4-3-5-7-9/h3-8,11,16H,2,14H2,1H3. The van der Waals surface area contributed by atoms with Crippen LogP contribution in [0.4, 0.5) is 0 Å². The number of benzene rings is 1. The van der Waals surface area contributed by atoms with Gasteiger partial charge < -0.3 is 0 Å². The average molecular weight is 295 g/mol. The highest BCUT2D eigenvalue weighted by Crippen LogP contribution is 2.27. The van der Waals surface area contributed by atoms with Crippen molar-refractivity contribution in [3.63, 3.8) is 0 Å². The Labute approximate surface area is 109 Å². The maximum absolute atomic E-state index is 5.68. The van der Waals surface area contributed by atoms with Crippen LogP contribution in [0.3, 0.4) is 0 Å². The fourth-order valence-electron chi connectivity index (χ4n) is 1.89. The van der Waals surface area contributed by atoms with E-state index in [1.165, 1.54) is 0 Å². The second-order valence-corrected chi connectivity index (χ2v) is 4.56. The van der Waals surface area contributed by atoms with Crippen LogP contribution in [-0.4, -0.2) is 9.78 Å². The lowest BCUT2D eigenvalue weighted by molar-refractivity contribution is 0.542. The Bertz CT molecular complexity index is 481. The third kappa shape index (κ3) is 2.41. The van der Waals surface area contributed by atoms with Crippen LogP contribution in [-0.2, 0) is 6.54 Å². The summed E-state index contributed by atoms with van der Waals surface area (Å²) in [5.74, 6) is 5.68. The number of halogens is 1. The summed E-state index contributed by atoms with van der Waals surface area (Å²) in [5, 5.41) is 4.30. The number of nitrogens with two attached hydrogens (primary N) is 1. The van der Waals surface area contributed by atoms with E-state index in [1.54, 1.807) is 6.20 Å². The number of nitrogens with zero attached hydrogens (tertiary/aromatic N) is 2. The van der Waals surface area contributed by atoms with Crippen molar-refractivity contribution in [2.45, 2.75) is 19.5 Å². The zero-order valence-corrected chi connectivity index (χ0v) is 11.2. The molecule has 0 bridgehead atoms. The van der Waals surface area contributed by atoms with Gasteiger partial charge in [-0.2, -0.15) is 5.10 Å². The Balaban J connectivity index is 2.45. The Morgan fingerprint density at radius 3 is 2.71 bits per heavy atom. The van der Waals surface area contributed by atoms with Gasteiger partial charge >= 0.3 is 0 Å². The second kappa shape index (κ2) is 5.44. The van der Waals surface area contributed by atoms with Gasteiger partial charge in [-0.05, 0) is 28.4 Å². The monoisotopic (exact) mass is 294 g/mol. The third-order valence-corrected chi connectivity index (χ3v) is 3.32. The lowest BCUT2D eigenvalue weighted by Gasteiger charge is -2.18. The Hall–Kier alpha value is -1.17. The molecule has 0 saturated heterocycles. The SMILES string of the molecule is CCn1ncc(Br)c1C(NN)c1ccccc1. The van der Waals surface area contributed by atoms with Crippen molar-refractivity contribution in [2.24, 2.45) is 5.84 Å². The van der Waals surface area contributed by atoms with Gasteiger partial charge in [0.1, 0.15) is 0 Å². The first kappa shape index (κ1) is 12.3. The fourth-order valence-corrected chi connectivity index (χ4v) is 2.41. The largest absolute Gasteiger partial charge is 0.271 e. The first-order valence-corrected chi connectivity index (χ1v) is 6.29. The summed E-state index contributed by atoms with van der Waals surface area (Å²) in [6.45, 7) is 2.87. The summed E-state index contributed by atoms with van der Waals surface area (Å²) < 4.78 is 2.90. The van der Waals surface area contributed by atoms with Crippen molar-refractivity contribution in [2.75, 3.05) is 0 Å². The number of nitrogens with one attached hydrogen (secondary N) is 1. The van der Waals surface area contributed by atoms with E-state index in [9.17, 15) is 0 Å². The summed E-state index contributed by atoms with van der Waals surface area (Å²) >= 11 is 3.52. The van der Waals surface area contributed by atoms with Crippen LogP contribution in [0.25, 0.3) is 0 Å². The molecule has 1 aromatic heterocycles. The summed E-state index contributed by atoms with van der Waals surface area (Å²) in [6, 6.07) is 10.0. The van der Waals surface area contributed by atoms with Gasteiger partial charge in [0.2, 0.25) is 0 Å². The van der Waals surface area contributed by atoms with Crippen molar-refractivity contribution >= 4 is 15.9 Å². The number of aromatic nitrogens is 2. The molecule has 1 unspecified atom stereocenters. The van der Waals surface area contributed by atoms with Crippen molar-refractivity contribution in [1.82, 2.24) is 15.2 Å². The van der Waals surface area contributed by atoms with Crippen LogP contribution in [0.5, 0.6) is 0 Å². The molecule has 0 aliphatic rings. The van der Waals surface area contributed by atoms with Crippen LogP contribution in [0, 0.1) is 0 Å². The van der Waals surface area contributed by atoms with Gasteiger partial charge in [-0.15, -0.1) is 0 Å². The van der Waals surface area contributed by atoms with E-state index in [-0.39, 0.29) is 6.04 Å². The molecular weight excluding hydrogens is 280 g/mol. The molecule has 3 N–H and O–H groups in total. The minimum Gasteiger partial charge on any atom is -0.271 e. The number of hydrogen-bond donors (Lipinski definition) is 2. The molecule has 0 amide bonds. The van der Waals surface area contributed by atoms with Gasteiger partial charge in [-0.1, -0.05) is 30.3 Å². The second-order valence-electron chi connectivity index (χ2n) is 3.70. The molecular formula is C12H15BrN4. The molecule has 0 aliphatic carbocycles. The minimum absolute atomic E-state index is 0.0620. The highest BCUT2D eigenvalue weighted by atomic mass is 79.9. The molecule has 1 atom stereocenters. The molecule has 0 spiro atoms. The Morgan fingerprint density at radius 2 is 2.12 bits per heavy atom. The molecule has 2 rings (SSSR count). The molecule has 0 aliphatic heterocycles. The van der Waals surface area contributed by atoms with E-state index in [0.717, 1.165) is 22.3 Å². The molecule has 5 heteroatoms. The molecule has 17 heavy (non-hydrogen) atoms. The van der Waals surface area contributed by atoms with E-state index in [1.807, 2.05) is 35.0 Å². The lowest BCUT2D eigenvalue weighted by Crippen LogP contribution is -2.30. The van der Waals surface area contributed by atoms with Crippen LogP contribution in [0.1, 0.15) is 24.2 Å². The van der Waals surface area contributed by atoms with Crippen molar-refractivity contribution < 1.29 is 0 Å². The summed E-state index contributed by atoms with van der Waals surface area (Å²) in [6.07, 6.45) is 1.80. The number of hydrazine groups is 1. The molecule has 1 heterocycles. The zero-order valence-electron chi connectivity index (χ0n) is 9.60. The zero-order chi connectivity index (χ0) is 12.3. The Morgan fingerprint density at radius 1 is 1.41 bits per heavy atom. The lowest BCUT2D eigenvalue weighted by atomic mass is 10.0. The van der Waals surface area contributed by atoms with E-state index >= 15 is 0 Å². The molecule has 2 aromatic rings. The summed E-state index contributed by atoms with van der Waals surface area (Å²) in [5.41, 5.74) is 5.00. The summed E-state index contributed by atoms with van der Waals surface area (Å²) in [4.78, 5) is 0. The van der Waals surface area contributed by atoms with Crippen LogP contribution >= 0.6 is 15.9 Å². The van der Waals surface area contributed by atoms with E-state index < -0.39 is 0 Å². The maximum atomic E-state index is 5.68. The molecule has 4 nitrogen and oxygen atoms in total. The van der Waals surface area contributed by atoms with Crippen LogP contribution < -0.4 is 11.3 Å². The van der Waals surface area contributed by atoms with Crippen LogP contribution in [0.15, 0.2) is 41.0 Å². The van der Waals surface area contributed by atoms with Gasteiger partial charge in [-0.25, -0.2) is 5.43 Å². The highest BCUT2D eigenvalue weighted by Gasteiger charge is 2.19. The van der Waals surface area contributed by atoms with Gasteiger partial charge in [0, 0.05) is 6.54 Å². The quantitative estimate of drug-likeness (QED) is 0.671. The maximum Gasteiger partial charge on any atom is 0.0889 e. The van der Waals surface area contributed by atoms with E-state index in [4.69, 9.17) is 5.84 Å². The van der Waals surface area contributed by atoms with Crippen molar-refractivity contribution in [1.29, 1.82) is 0 Å². The number of aryl methyl sites for hydroxylation is 1. The predicted molar refractivity (Wildman–Crippen MR) is 71.2 cm³/mol. The molecule has 0 radical (unpaired) electrons. The first-order chi connectivity index (χ1) is 8.27. The third-order valence-electron chi connectivity index (χ3n) is 2.71. The normalized spacial score (nSPS) is 12.6. The number of hydrogen-bond acceptors (Lipinski definition) is 3. The first-order valence-electron chi connectivity index (χ1n) is 5.50. The Kier molecular flexibility index (Phi) is 3.93. The topological polar surface area (TPSA) is 55.9 Å². The van der Waals surface area contributed by atoms with E-state index in [0.29, 0.717) is 0 Å². The predicted octanol–water partition coefficient (Wildman–Crippen LogP) is 2.22. The average Bonchev–Trinajstić information content (AvgIpc) is 2.74.